The third-order valence-corrected chi connectivity index (χ3v) is 5.68. The lowest BCUT2D eigenvalue weighted by atomic mass is 10.2. The van der Waals surface area contributed by atoms with Gasteiger partial charge in [-0.15, -0.1) is 0 Å². The number of halogens is 1. The molecule has 11 heteroatoms. The molecular weight excluding hydrogens is 401 g/mol. The van der Waals surface area contributed by atoms with Gasteiger partial charge in [-0.2, -0.15) is 0 Å². The number of fused-ring (bicyclic) bond motifs is 1. The Morgan fingerprint density at radius 3 is 2.52 bits per heavy atom. The molecule has 0 radical (unpaired) electrons. The molecule has 0 amide bonds. The Balaban J connectivity index is 2.24. The normalized spacial score (nSPS) is 11.5. The molecule has 0 aliphatic heterocycles. The number of phenols is 1. The molecule has 0 bridgehead atoms. The van der Waals surface area contributed by atoms with Crippen molar-refractivity contribution in [2.45, 2.75) is 4.90 Å². The zero-order chi connectivity index (χ0) is 21.3. The van der Waals surface area contributed by atoms with E-state index in [0.717, 1.165) is 6.07 Å². The second-order valence-corrected chi connectivity index (χ2v) is 8.15. The summed E-state index contributed by atoms with van der Waals surface area (Å²) in [5, 5.41) is 13.4. The molecule has 0 aliphatic rings. The average molecular weight is 421 g/mol. The standard InChI is InChI=1S/C18H20FN5O4S/c1-20-29(26,27)16-8-12(14(24(2)3)7-11(16)19)23-18-17-13(21-9-22-18)5-10(25)6-15(17)28-4/h5-9,20,25H,1-4H3,(H,21,22,23). The van der Waals surface area contributed by atoms with E-state index in [1.807, 2.05) is 0 Å². The lowest BCUT2D eigenvalue weighted by molar-refractivity contribution is 0.412. The fourth-order valence-electron chi connectivity index (χ4n) is 2.85. The van der Waals surface area contributed by atoms with Gasteiger partial charge in [0.2, 0.25) is 10.0 Å². The number of rotatable bonds is 6. The maximum absolute atomic E-state index is 14.5. The number of phenolic OH excluding ortho intramolecular Hbond substituents is 1. The summed E-state index contributed by atoms with van der Waals surface area (Å²) in [5.74, 6) is -0.296. The molecule has 0 atom stereocenters. The molecule has 3 rings (SSSR count). The van der Waals surface area contributed by atoms with Crippen molar-refractivity contribution < 1.29 is 22.7 Å². The first kappa shape index (κ1) is 20.6. The van der Waals surface area contributed by atoms with Crippen molar-refractivity contribution in [1.29, 1.82) is 0 Å². The number of nitrogens with zero attached hydrogens (tertiary/aromatic N) is 3. The lowest BCUT2D eigenvalue weighted by Gasteiger charge is -2.20. The third-order valence-electron chi connectivity index (χ3n) is 4.25. The molecule has 0 fully saturated rings. The summed E-state index contributed by atoms with van der Waals surface area (Å²) in [4.78, 5) is 9.47. The minimum absolute atomic E-state index is 0.0304. The van der Waals surface area contributed by atoms with Crippen molar-refractivity contribution in [3.8, 4) is 11.5 Å². The lowest BCUT2D eigenvalue weighted by Crippen LogP contribution is -2.21. The Kier molecular flexibility index (Phi) is 5.44. The van der Waals surface area contributed by atoms with Crippen LogP contribution in [0.4, 0.5) is 21.6 Å². The van der Waals surface area contributed by atoms with Gasteiger partial charge in [0.05, 0.1) is 29.4 Å². The number of nitrogens with one attached hydrogen (secondary N) is 2. The van der Waals surface area contributed by atoms with Gasteiger partial charge >= 0.3 is 0 Å². The van der Waals surface area contributed by atoms with Crippen molar-refractivity contribution in [3.05, 3.63) is 36.4 Å². The molecule has 0 spiro atoms. The molecule has 3 aromatic rings. The molecule has 0 saturated heterocycles. The van der Waals surface area contributed by atoms with E-state index in [-0.39, 0.29) is 5.75 Å². The van der Waals surface area contributed by atoms with E-state index < -0.39 is 20.7 Å². The molecule has 9 nitrogen and oxygen atoms in total. The summed E-state index contributed by atoms with van der Waals surface area (Å²) >= 11 is 0. The zero-order valence-electron chi connectivity index (χ0n) is 16.2. The molecule has 154 valence electrons. The average Bonchev–Trinajstić information content (AvgIpc) is 2.67. The summed E-state index contributed by atoms with van der Waals surface area (Å²) in [6.07, 6.45) is 1.29. The molecule has 29 heavy (non-hydrogen) atoms. The predicted molar refractivity (Wildman–Crippen MR) is 108 cm³/mol. The summed E-state index contributed by atoms with van der Waals surface area (Å²) in [5.41, 5.74) is 1.12. The van der Waals surface area contributed by atoms with Crippen LogP contribution in [-0.2, 0) is 10.0 Å². The van der Waals surface area contributed by atoms with Crippen LogP contribution >= 0.6 is 0 Å². The largest absolute Gasteiger partial charge is 0.508 e. The fraction of sp³-hybridized carbons (Fsp3) is 0.222. The number of methoxy groups -OCH3 is 1. The second-order valence-electron chi connectivity index (χ2n) is 6.29. The van der Waals surface area contributed by atoms with Gasteiger partial charge in [-0.05, 0) is 13.1 Å². The van der Waals surface area contributed by atoms with E-state index in [1.54, 1.807) is 19.0 Å². The number of benzene rings is 2. The van der Waals surface area contributed by atoms with Crippen LogP contribution < -0.4 is 19.7 Å². The van der Waals surface area contributed by atoms with E-state index in [0.29, 0.717) is 33.8 Å². The zero-order valence-corrected chi connectivity index (χ0v) is 17.0. The second kappa shape index (κ2) is 7.68. The first-order valence-electron chi connectivity index (χ1n) is 8.41. The Morgan fingerprint density at radius 1 is 1.17 bits per heavy atom. The van der Waals surface area contributed by atoms with E-state index >= 15 is 0 Å². The van der Waals surface area contributed by atoms with Gasteiger partial charge in [-0.3, -0.25) is 0 Å². The van der Waals surface area contributed by atoms with Gasteiger partial charge in [0.1, 0.15) is 34.4 Å². The first-order valence-corrected chi connectivity index (χ1v) is 9.89. The predicted octanol–water partition coefficient (Wildman–Crippen LogP) is 2.20. The highest BCUT2D eigenvalue weighted by Gasteiger charge is 2.22. The van der Waals surface area contributed by atoms with Crippen molar-refractivity contribution in [3.63, 3.8) is 0 Å². The van der Waals surface area contributed by atoms with Gasteiger partial charge in [0.25, 0.3) is 0 Å². The maximum atomic E-state index is 14.5. The Morgan fingerprint density at radius 2 is 1.90 bits per heavy atom. The molecule has 0 aliphatic carbocycles. The van der Waals surface area contributed by atoms with Crippen LogP contribution in [0.5, 0.6) is 11.5 Å². The van der Waals surface area contributed by atoms with Crippen LogP contribution in [0.2, 0.25) is 0 Å². The third kappa shape index (κ3) is 3.87. The van der Waals surface area contributed by atoms with Crippen molar-refractivity contribution in [1.82, 2.24) is 14.7 Å². The smallest absolute Gasteiger partial charge is 0.243 e. The SMILES string of the molecule is CNS(=O)(=O)c1cc(Nc2ncnc3cc(O)cc(OC)c23)c(N(C)C)cc1F. The number of anilines is 3. The van der Waals surface area contributed by atoms with Crippen LogP contribution in [0.25, 0.3) is 10.9 Å². The number of ether oxygens (including phenoxy) is 1. The van der Waals surface area contributed by atoms with Crippen LogP contribution in [0.1, 0.15) is 0 Å². The van der Waals surface area contributed by atoms with Crippen LogP contribution in [0.15, 0.2) is 35.5 Å². The summed E-state index contributed by atoms with van der Waals surface area (Å²) in [7, 11) is 2.02. The molecule has 0 unspecified atom stereocenters. The summed E-state index contributed by atoms with van der Waals surface area (Å²) < 4.78 is 46.3. The van der Waals surface area contributed by atoms with Crippen LogP contribution in [0, 0.1) is 5.82 Å². The quantitative estimate of drug-likeness (QED) is 0.555. The van der Waals surface area contributed by atoms with Gasteiger partial charge in [0, 0.05) is 32.3 Å². The van der Waals surface area contributed by atoms with Crippen LogP contribution in [-0.4, -0.2) is 51.7 Å². The van der Waals surface area contributed by atoms with Gasteiger partial charge < -0.3 is 20.1 Å². The molecule has 1 aromatic heterocycles. The topological polar surface area (TPSA) is 117 Å². The Labute approximate surface area is 167 Å². The number of sulfonamides is 1. The molecular formula is C18H20FN5O4S. The van der Waals surface area contributed by atoms with Crippen molar-refractivity contribution in [2.24, 2.45) is 0 Å². The van der Waals surface area contributed by atoms with Gasteiger partial charge in [-0.1, -0.05) is 0 Å². The fourth-order valence-corrected chi connectivity index (χ4v) is 3.66. The van der Waals surface area contributed by atoms with E-state index in [1.165, 1.54) is 38.7 Å². The summed E-state index contributed by atoms with van der Waals surface area (Å²) in [6, 6.07) is 5.17. The highest BCUT2D eigenvalue weighted by atomic mass is 32.2. The molecule has 0 saturated carbocycles. The minimum Gasteiger partial charge on any atom is -0.508 e. The molecule has 2 aromatic carbocycles. The Hall–Kier alpha value is -3.18. The molecule has 1 heterocycles. The monoisotopic (exact) mass is 421 g/mol. The van der Waals surface area contributed by atoms with E-state index in [4.69, 9.17) is 4.74 Å². The van der Waals surface area contributed by atoms with Crippen molar-refractivity contribution >= 4 is 38.1 Å². The number of aromatic nitrogens is 2. The maximum Gasteiger partial charge on any atom is 0.243 e. The Bertz CT molecular complexity index is 1180. The van der Waals surface area contributed by atoms with E-state index in [9.17, 15) is 17.9 Å². The number of hydrogen-bond acceptors (Lipinski definition) is 8. The van der Waals surface area contributed by atoms with Gasteiger partial charge in [-0.25, -0.2) is 27.5 Å². The highest BCUT2D eigenvalue weighted by molar-refractivity contribution is 7.89. The minimum atomic E-state index is -4.02. The van der Waals surface area contributed by atoms with E-state index in [2.05, 4.69) is 20.0 Å². The first-order chi connectivity index (χ1) is 13.7. The number of aromatic hydroxyl groups is 1. The molecule has 3 N–H and O–H groups in total. The van der Waals surface area contributed by atoms with Crippen molar-refractivity contribution in [2.75, 3.05) is 38.5 Å². The van der Waals surface area contributed by atoms with Gasteiger partial charge in [0.15, 0.2) is 0 Å². The highest BCUT2D eigenvalue weighted by Crippen LogP contribution is 2.37. The number of hydrogen-bond donors (Lipinski definition) is 3. The van der Waals surface area contributed by atoms with Crippen LogP contribution in [0.3, 0.4) is 0 Å². The summed E-state index contributed by atoms with van der Waals surface area (Å²) in [6.45, 7) is 0.